The van der Waals surface area contributed by atoms with Crippen LogP contribution in [0.4, 0.5) is 0 Å². The summed E-state index contributed by atoms with van der Waals surface area (Å²) in [6, 6.07) is 7.73. The molecule has 74 valence electrons. The number of carbonyl (C=O) groups is 1. The van der Waals surface area contributed by atoms with Gasteiger partial charge in [0.1, 0.15) is 0 Å². The second-order valence-corrected chi connectivity index (χ2v) is 2.94. The highest BCUT2D eigenvalue weighted by molar-refractivity contribution is 5.85. The van der Waals surface area contributed by atoms with Crippen LogP contribution in [0.25, 0.3) is 6.08 Å². The van der Waals surface area contributed by atoms with Crippen molar-refractivity contribution in [1.82, 2.24) is 5.32 Å². The van der Waals surface area contributed by atoms with E-state index in [9.17, 15) is 4.79 Å². The van der Waals surface area contributed by atoms with Crippen LogP contribution in [-0.2, 0) is 11.3 Å². The van der Waals surface area contributed by atoms with Crippen molar-refractivity contribution >= 4 is 12.0 Å². The highest BCUT2D eigenvalue weighted by atomic mass is 16.4. The van der Waals surface area contributed by atoms with Gasteiger partial charge in [0, 0.05) is 12.6 Å². The Morgan fingerprint density at radius 1 is 1.43 bits per heavy atom. The van der Waals surface area contributed by atoms with E-state index >= 15 is 0 Å². The summed E-state index contributed by atoms with van der Waals surface area (Å²) in [7, 11) is 1.89. The molecule has 0 saturated carbocycles. The standard InChI is InChI=1S/C11H13NO2/c1-12-8-10-4-2-9(3-5-10)6-7-11(13)14/h2-7,12H,8H2,1H3,(H,13,14). The fourth-order valence-corrected chi connectivity index (χ4v) is 1.12. The van der Waals surface area contributed by atoms with Crippen molar-refractivity contribution in [2.24, 2.45) is 0 Å². The van der Waals surface area contributed by atoms with Gasteiger partial charge in [-0.15, -0.1) is 0 Å². The van der Waals surface area contributed by atoms with Gasteiger partial charge in [0.2, 0.25) is 0 Å². The average Bonchev–Trinajstić information content (AvgIpc) is 2.17. The van der Waals surface area contributed by atoms with Gasteiger partial charge in [-0.25, -0.2) is 4.79 Å². The van der Waals surface area contributed by atoms with Crippen LogP contribution in [0.1, 0.15) is 11.1 Å². The van der Waals surface area contributed by atoms with Crippen LogP contribution in [-0.4, -0.2) is 18.1 Å². The molecule has 2 N–H and O–H groups in total. The number of benzene rings is 1. The Hall–Kier alpha value is -1.61. The first-order chi connectivity index (χ1) is 6.72. The van der Waals surface area contributed by atoms with Crippen LogP contribution in [0.2, 0.25) is 0 Å². The lowest BCUT2D eigenvalue weighted by molar-refractivity contribution is -0.131. The molecule has 0 radical (unpaired) electrons. The molecule has 3 nitrogen and oxygen atoms in total. The smallest absolute Gasteiger partial charge is 0.328 e. The quantitative estimate of drug-likeness (QED) is 0.709. The molecule has 0 aromatic heterocycles. The summed E-state index contributed by atoms with van der Waals surface area (Å²) in [6.45, 7) is 0.822. The van der Waals surface area contributed by atoms with Crippen LogP contribution >= 0.6 is 0 Å². The molecular formula is C11H13NO2. The largest absolute Gasteiger partial charge is 0.478 e. The third-order valence-electron chi connectivity index (χ3n) is 1.78. The van der Waals surface area contributed by atoms with E-state index in [4.69, 9.17) is 5.11 Å². The summed E-state index contributed by atoms with van der Waals surface area (Å²) in [5, 5.41) is 11.5. The molecule has 14 heavy (non-hydrogen) atoms. The summed E-state index contributed by atoms with van der Waals surface area (Å²) in [6.07, 6.45) is 2.71. The second-order valence-electron chi connectivity index (χ2n) is 2.94. The van der Waals surface area contributed by atoms with Gasteiger partial charge in [0.25, 0.3) is 0 Å². The highest BCUT2D eigenvalue weighted by Crippen LogP contribution is 2.05. The highest BCUT2D eigenvalue weighted by Gasteiger charge is 1.91. The Kier molecular flexibility index (Phi) is 3.88. The molecule has 1 aromatic rings. The van der Waals surface area contributed by atoms with Crippen LogP contribution in [0.15, 0.2) is 30.3 Å². The lowest BCUT2D eigenvalue weighted by Gasteiger charge is -1.99. The van der Waals surface area contributed by atoms with E-state index in [-0.39, 0.29) is 0 Å². The zero-order chi connectivity index (χ0) is 10.4. The molecule has 0 heterocycles. The maximum absolute atomic E-state index is 10.2. The summed E-state index contributed by atoms with van der Waals surface area (Å²) in [4.78, 5) is 10.2. The van der Waals surface area contributed by atoms with Crippen LogP contribution < -0.4 is 5.32 Å². The average molecular weight is 191 g/mol. The van der Waals surface area contributed by atoms with E-state index in [1.807, 2.05) is 31.3 Å². The normalized spacial score (nSPS) is 10.6. The Morgan fingerprint density at radius 2 is 2.07 bits per heavy atom. The first-order valence-corrected chi connectivity index (χ1v) is 4.37. The fourth-order valence-electron chi connectivity index (χ4n) is 1.12. The zero-order valence-corrected chi connectivity index (χ0v) is 8.03. The molecular weight excluding hydrogens is 178 g/mol. The number of nitrogens with one attached hydrogen (secondary N) is 1. The Bertz CT molecular complexity index is 328. The van der Waals surface area contributed by atoms with E-state index < -0.39 is 5.97 Å². The Balaban J connectivity index is 2.68. The molecule has 0 fully saturated rings. The lowest BCUT2D eigenvalue weighted by Crippen LogP contribution is -2.04. The van der Waals surface area contributed by atoms with Crippen molar-refractivity contribution in [2.75, 3.05) is 7.05 Å². The first-order valence-electron chi connectivity index (χ1n) is 4.37. The van der Waals surface area contributed by atoms with E-state index in [1.165, 1.54) is 5.56 Å². The molecule has 0 bridgehead atoms. The molecule has 0 aliphatic rings. The van der Waals surface area contributed by atoms with Crippen molar-refractivity contribution in [1.29, 1.82) is 0 Å². The van der Waals surface area contributed by atoms with Gasteiger partial charge in [-0.05, 0) is 24.3 Å². The number of carboxylic acid groups (broad SMARTS) is 1. The predicted molar refractivity (Wildman–Crippen MR) is 55.9 cm³/mol. The van der Waals surface area contributed by atoms with Gasteiger partial charge in [0.05, 0.1) is 0 Å². The first kappa shape index (κ1) is 10.5. The van der Waals surface area contributed by atoms with Crippen LogP contribution in [0.5, 0.6) is 0 Å². The molecule has 1 rings (SSSR count). The van der Waals surface area contributed by atoms with Gasteiger partial charge in [0.15, 0.2) is 0 Å². The van der Waals surface area contributed by atoms with E-state index in [2.05, 4.69) is 5.32 Å². The third-order valence-corrected chi connectivity index (χ3v) is 1.78. The number of rotatable bonds is 4. The maximum atomic E-state index is 10.2. The molecule has 0 unspecified atom stereocenters. The molecule has 0 amide bonds. The minimum absolute atomic E-state index is 0.822. The van der Waals surface area contributed by atoms with Gasteiger partial charge < -0.3 is 10.4 Å². The van der Waals surface area contributed by atoms with Gasteiger partial charge >= 0.3 is 5.97 Å². The minimum Gasteiger partial charge on any atom is -0.478 e. The lowest BCUT2D eigenvalue weighted by atomic mass is 10.1. The van der Waals surface area contributed by atoms with E-state index in [0.717, 1.165) is 18.2 Å². The van der Waals surface area contributed by atoms with Crippen LogP contribution in [0.3, 0.4) is 0 Å². The fraction of sp³-hybridized carbons (Fsp3) is 0.182. The van der Waals surface area contributed by atoms with Gasteiger partial charge in [-0.2, -0.15) is 0 Å². The molecule has 0 aliphatic heterocycles. The van der Waals surface area contributed by atoms with Gasteiger partial charge in [-0.3, -0.25) is 0 Å². The summed E-state index contributed by atoms with van der Waals surface area (Å²) < 4.78 is 0. The second kappa shape index (κ2) is 5.19. The molecule has 0 saturated heterocycles. The molecule has 1 aromatic carbocycles. The van der Waals surface area contributed by atoms with Crippen molar-refractivity contribution < 1.29 is 9.90 Å². The topological polar surface area (TPSA) is 49.3 Å². The van der Waals surface area contributed by atoms with E-state index in [1.54, 1.807) is 6.08 Å². The molecule has 3 heteroatoms. The number of hydrogen-bond donors (Lipinski definition) is 2. The number of carboxylic acids is 1. The predicted octanol–water partition coefficient (Wildman–Crippen LogP) is 1.50. The van der Waals surface area contributed by atoms with Crippen LogP contribution in [0, 0.1) is 0 Å². The monoisotopic (exact) mass is 191 g/mol. The van der Waals surface area contributed by atoms with Crippen molar-refractivity contribution in [3.8, 4) is 0 Å². The summed E-state index contributed by atoms with van der Waals surface area (Å²) >= 11 is 0. The molecule has 0 atom stereocenters. The SMILES string of the molecule is CNCc1ccc(C=CC(=O)O)cc1. The minimum atomic E-state index is -0.927. The maximum Gasteiger partial charge on any atom is 0.328 e. The van der Waals surface area contributed by atoms with Crippen molar-refractivity contribution in [3.05, 3.63) is 41.5 Å². The van der Waals surface area contributed by atoms with Gasteiger partial charge in [-0.1, -0.05) is 24.3 Å². The third kappa shape index (κ3) is 3.41. The van der Waals surface area contributed by atoms with E-state index in [0.29, 0.717) is 0 Å². The Morgan fingerprint density at radius 3 is 2.57 bits per heavy atom. The summed E-state index contributed by atoms with van der Waals surface area (Å²) in [5.74, 6) is -0.927. The summed E-state index contributed by atoms with van der Waals surface area (Å²) in [5.41, 5.74) is 2.08. The van der Waals surface area contributed by atoms with Crippen molar-refractivity contribution in [3.63, 3.8) is 0 Å². The molecule has 0 spiro atoms. The van der Waals surface area contributed by atoms with Crippen molar-refractivity contribution in [2.45, 2.75) is 6.54 Å². The zero-order valence-electron chi connectivity index (χ0n) is 8.03. The molecule has 0 aliphatic carbocycles. The number of aliphatic carboxylic acids is 1. The Labute approximate surface area is 83.1 Å². The number of hydrogen-bond acceptors (Lipinski definition) is 2.